The lowest BCUT2D eigenvalue weighted by atomic mass is 9.74. The largest absolute Gasteiger partial charge is 0.457 e. The predicted octanol–water partition coefficient (Wildman–Crippen LogP) is 4.91. The fourth-order valence-corrected chi connectivity index (χ4v) is 4.62. The van der Waals surface area contributed by atoms with Gasteiger partial charge in [-0.3, -0.25) is 4.79 Å². The Hall–Kier alpha value is -2.37. The summed E-state index contributed by atoms with van der Waals surface area (Å²) in [4.78, 5) is 13.2. The average Bonchev–Trinajstić information content (AvgIpc) is 2.82. The zero-order valence-electron chi connectivity index (χ0n) is 18.8. The number of unbranched alkanes of at least 4 members (excludes halogenated alkanes) is 1. The van der Waals surface area contributed by atoms with Crippen LogP contribution in [0.25, 0.3) is 0 Å². The number of hydrogen-bond donors (Lipinski definition) is 1. The minimum atomic E-state index is -1.08. The molecule has 3 rings (SSSR count). The molecule has 1 heterocycles. The van der Waals surface area contributed by atoms with Crippen molar-refractivity contribution < 1.29 is 19.4 Å². The molecule has 0 radical (unpaired) electrons. The van der Waals surface area contributed by atoms with Crippen LogP contribution < -0.4 is 4.74 Å². The number of para-hydroxylation sites is 2. The van der Waals surface area contributed by atoms with Gasteiger partial charge >= 0.3 is 0 Å². The zero-order chi connectivity index (χ0) is 22.1. The molecule has 0 bridgehead atoms. The maximum absolute atomic E-state index is 12.1. The Bertz CT molecular complexity index is 840. The highest BCUT2D eigenvalue weighted by molar-refractivity contribution is 5.48. The van der Waals surface area contributed by atoms with E-state index >= 15 is 0 Å². The summed E-state index contributed by atoms with van der Waals surface area (Å²) in [6.45, 7) is 4.09. The molecule has 1 aliphatic rings. The highest BCUT2D eigenvalue weighted by Gasteiger charge is 2.42. The quantitative estimate of drug-likeness (QED) is 0.410. The van der Waals surface area contributed by atoms with Crippen molar-refractivity contribution in [1.29, 1.82) is 0 Å². The van der Waals surface area contributed by atoms with Crippen LogP contribution in [0, 0.1) is 5.92 Å². The second-order valence-electron chi connectivity index (χ2n) is 8.37. The van der Waals surface area contributed by atoms with E-state index in [9.17, 15) is 9.90 Å². The number of carbonyl (C=O) groups is 1. The van der Waals surface area contributed by atoms with Crippen molar-refractivity contribution in [2.45, 2.75) is 51.0 Å². The van der Waals surface area contributed by atoms with Crippen molar-refractivity contribution in [3.63, 3.8) is 0 Å². The van der Waals surface area contributed by atoms with E-state index in [4.69, 9.17) is 9.47 Å². The first-order valence-electron chi connectivity index (χ1n) is 11.4. The van der Waals surface area contributed by atoms with Crippen LogP contribution in [0.4, 0.5) is 0 Å². The number of ether oxygens (including phenoxy) is 2. The Balaban J connectivity index is 1.95. The molecule has 0 aliphatic carbocycles. The third-order valence-electron chi connectivity index (χ3n) is 6.36. The Morgan fingerprint density at radius 3 is 2.61 bits per heavy atom. The van der Waals surface area contributed by atoms with E-state index in [2.05, 4.69) is 13.0 Å². The molecule has 5 heteroatoms. The number of benzene rings is 2. The van der Waals surface area contributed by atoms with Gasteiger partial charge in [0.2, 0.25) is 6.41 Å². The van der Waals surface area contributed by atoms with Crippen molar-refractivity contribution in [3.05, 3.63) is 59.7 Å². The number of aryl methyl sites for hydroxylation is 1. The van der Waals surface area contributed by atoms with Crippen LogP contribution in [0.5, 0.6) is 11.5 Å². The standard InChI is InChI=1S/C26H35NO4/c1-3-21-11-4-6-14-24(21)31-25-15-7-5-13-23(25)26(29,16-8-9-18-30-2)22-12-10-17-27(19-22)20-28/h4-7,11,13-15,20,22,29H,3,8-10,12,16-19H2,1-2H3/t22-,26+/m1/s1. The topological polar surface area (TPSA) is 59.0 Å². The molecule has 31 heavy (non-hydrogen) atoms. The Labute approximate surface area is 186 Å². The average molecular weight is 426 g/mol. The lowest BCUT2D eigenvalue weighted by Crippen LogP contribution is -2.46. The first-order valence-corrected chi connectivity index (χ1v) is 11.4. The molecule has 1 amide bonds. The highest BCUT2D eigenvalue weighted by atomic mass is 16.5. The fourth-order valence-electron chi connectivity index (χ4n) is 4.62. The van der Waals surface area contributed by atoms with Crippen LogP contribution in [-0.4, -0.2) is 43.2 Å². The molecule has 0 aromatic heterocycles. The predicted molar refractivity (Wildman–Crippen MR) is 122 cm³/mol. The molecule has 0 saturated carbocycles. The van der Waals surface area contributed by atoms with Gasteiger partial charge in [0.15, 0.2) is 0 Å². The van der Waals surface area contributed by atoms with Crippen LogP contribution in [0.1, 0.15) is 50.2 Å². The fraction of sp³-hybridized carbons (Fsp3) is 0.500. The molecule has 1 fully saturated rings. The summed E-state index contributed by atoms with van der Waals surface area (Å²) in [5, 5.41) is 12.1. The SMILES string of the molecule is CCc1ccccc1Oc1ccccc1[C@](O)(CCCCOC)[C@@H]1CCCN(C=O)C1. The number of aliphatic hydroxyl groups is 1. The van der Waals surface area contributed by atoms with E-state index in [1.807, 2.05) is 42.5 Å². The molecule has 0 spiro atoms. The molecule has 2 aromatic carbocycles. The molecular weight excluding hydrogens is 390 g/mol. The Morgan fingerprint density at radius 1 is 1.13 bits per heavy atom. The second kappa shape index (κ2) is 11.3. The number of hydrogen-bond acceptors (Lipinski definition) is 4. The lowest BCUT2D eigenvalue weighted by Gasteiger charge is -2.42. The third kappa shape index (κ3) is 5.66. The first-order chi connectivity index (χ1) is 15.1. The van der Waals surface area contributed by atoms with Crippen LogP contribution >= 0.6 is 0 Å². The van der Waals surface area contributed by atoms with Gasteiger partial charge in [0.1, 0.15) is 11.5 Å². The molecule has 5 nitrogen and oxygen atoms in total. The number of nitrogens with zero attached hydrogens (tertiary/aromatic N) is 1. The summed E-state index contributed by atoms with van der Waals surface area (Å²) in [5.41, 5.74) is 0.856. The van der Waals surface area contributed by atoms with Gasteiger partial charge in [-0.25, -0.2) is 0 Å². The monoisotopic (exact) mass is 425 g/mol. The van der Waals surface area contributed by atoms with E-state index in [1.54, 1.807) is 12.0 Å². The summed E-state index contributed by atoms with van der Waals surface area (Å²) in [7, 11) is 1.70. The van der Waals surface area contributed by atoms with Crippen LogP contribution in [0.2, 0.25) is 0 Å². The second-order valence-corrected chi connectivity index (χ2v) is 8.37. The molecule has 1 N–H and O–H groups in total. The van der Waals surface area contributed by atoms with Gasteiger partial charge in [0, 0.05) is 38.3 Å². The minimum Gasteiger partial charge on any atom is -0.457 e. The number of likely N-dealkylation sites (tertiary alicyclic amines) is 1. The van der Waals surface area contributed by atoms with Crippen molar-refractivity contribution in [1.82, 2.24) is 4.90 Å². The van der Waals surface area contributed by atoms with E-state index in [0.29, 0.717) is 25.3 Å². The van der Waals surface area contributed by atoms with Crippen LogP contribution in [-0.2, 0) is 21.6 Å². The molecule has 1 saturated heterocycles. The van der Waals surface area contributed by atoms with Crippen molar-refractivity contribution in [2.75, 3.05) is 26.8 Å². The van der Waals surface area contributed by atoms with Gasteiger partial charge in [0.05, 0.1) is 5.60 Å². The van der Waals surface area contributed by atoms with Gasteiger partial charge in [-0.05, 0) is 56.2 Å². The zero-order valence-corrected chi connectivity index (χ0v) is 18.8. The molecule has 1 aliphatic heterocycles. The van der Waals surface area contributed by atoms with Crippen molar-refractivity contribution in [2.24, 2.45) is 5.92 Å². The minimum absolute atomic E-state index is 0.0415. The van der Waals surface area contributed by atoms with Gasteiger partial charge in [-0.2, -0.15) is 0 Å². The molecule has 168 valence electrons. The number of piperidine rings is 1. The van der Waals surface area contributed by atoms with Crippen LogP contribution in [0.15, 0.2) is 48.5 Å². The number of rotatable bonds is 11. The number of methoxy groups -OCH3 is 1. The summed E-state index contributed by atoms with van der Waals surface area (Å²) >= 11 is 0. The van der Waals surface area contributed by atoms with E-state index in [-0.39, 0.29) is 5.92 Å². The highest BCUT2D eigenvalue weighted by Crippen LogP contribution is 2.44. The summed E-state index contributed by atoms with van der Waals surface area (Å²) in [6, 6.07) is 15.8. The lowest BCUT2D eigenvalue weighted by molar-refractivity contribution is -0.123. The number of carbonyl (C=O) groups excluding carboxylic acids is 1. The summed E-state index contributed by atoms with van der Waals surface area (Å²) in [5.74, 6) is 1.46. The third-order valence-corrected chi connectivity index (χ3v) is 6.36. The van der Waals surface area contributed by atoms with Crippen LogP contribution in [0.3, 0.4) is 0 Å². The van der Waals surface area contributed by atoms with E-state index in [1.165, 1.54) is 0 Å². The molecule has 2 aromatic rings. The first kappa shape index (κ1) is 23.3. The van der Waals surface area contributed by atoms with Crippen molar-refractivity contribution in [3.8, 4) is 11.5 Å². The normalized spacial score (nSPS) is 18.4. The summed E-state index contributed by atoms with van der Waals surface area (Å²) in [6.07, 6.45) is 5.86. The molecular formula is C26H35NO4. The smallest absolute Gasteiger partial charge is 0.209 e. The van der Waals surface area contributed by atoms with Gasteiger partial charge < -0.3 is 19.5 Å². The number of amides is 1. The van der Waals surface area contributed by atoms with Gasteiger partial charge in [-0.1, -0.05) is 43.3 Å². The molecule has 2 atom stereocenters. The maximum Gasteiger partial charge on any atom is 0.209 e. The maximum atomic E-state index is 12.1. The van der Waals surface area contributed by atoms with E-state index < -0.39 is 5.60 Å². The summed E-state index contributed by atoms with van der Waals surface area (Å²) < 4.78 is 11.6. The van der Waals surface area contributed by atoms with Crippen molar-refractivity contribution >= 4 is 6.41 Å². The van der Waals surface area contributed by atoms with E-state index in [0.717, 1.165) is 61.9 Å². The van der Waals surface area contributed by atoms with Gasteiger partial charge in [0.25, 0.3) is 0 Å². The Kier molecular flexibility index (Phi) is 8.50. The molecule has 0 unspecified atom stereocenters. The Morgan fingerprint density at radius 2 is 1.87 bits per heavy atom. The van der Waals surface area contributed by atoms with Gasteiger partial charge in [-0.15, -0.1) is 0 Å².